The van der Waals surface area contributed by atoms with Gasteiger partial charge in [0.15, 0.2) is 0 Å². The van der Waals surface area contributed by atoms with Crippen LogP contribution in [0.2, 0.25) is 0 Å². The summed E-state index contributed by atoms with van der Waals surface area (Å²) in [7, 11) is 1.82. The van der Waals surface area contributed by atoms with Crippen molar-refractivity contribution in [2.24, 2.45) is 0 Å². The average Bonchev–Trinajstić information content (AvgIpc) is 1.88. The van der Waals surface area contributed by atoms with Gasteiger partial charge in [-0.15, -0.1) is 0 Å². The van der Waals surface area contributed by atoms with E-state index in [1.165, 1.54) is 0 Å². The van der Waals surface area contributed by atoms with Gasteiger partial charge in [-0.05, 0) is 7.05 Å². The van der Waals surface area contributed by atoms with Crippen LogP contribution in [0.4, 0.5) is 0 Å². The van der Waals surface area contributed by atoms with Crippen molar-refractivity contribution in [2.75, 3.05) is 13.6 Å². The first-order valence-electron chi connectivity index (χ1n) is 3.00. The minimum Gasteiger partial charge on any atom is -0.319 e. The highest BCUT2D eigenvalue weighted by Crippen LogP contribution is 1.59. The van der Waals surface area contributed by atoms with Crippen molar-refractivity contribution in [1.29, 1.82) is 0 Å². The van der Waals surface area contributed by atoms with E-state index in [4.69, 9.17) is 0 Å². The topological polar surface area (TPSA) is 29.1 Å². The van der Waals surface area contributed by atoms with E-state index in [2.05, 4.69) is 5.32 Å². The Bertz CT molecular complexity index is 37.5. The Kier molecular flexibility index (Phi) is 21.1. The molecule has 0 heterocycles. The number of carbonyl (C=O) groups is 1. The van der Waals surface area contributed by atoms with E-state index in [9.17, 15) is 4.79 Å². The molecule has 50 valence electrons. The van der Waals surface area contributed by atoms with E-state index >= 15 is 0 Å². The summed E-state index contributed by atoms with van der Waals surface area (Å²) in [5.41, 5.74) is 0. The Labute approximate surface area is 51.3 Å². The van der Waals surface area contributed by atoms with Gasteiger partial charge in [0, 0.05) is 13.0 Å². The van der Waals surface area contributed by atoms with Crippen molar-refractivity contribution in [3.63, 3.8) is 0 Å². The van der Waals surface area contributed by atoms with Gasteiger partial charge in [-0.2, -0.15) is 0 Å². The zero-order chi connectivity index (χ0) is 6.83. The van der Waals surface area contributed by atoms with Crippen LogP contribution < -0.4 is 5.32 Å². The van der Waals surface area contributed by atoms with Gasteiger partial charge < -0.3 is 10.1 Å². The second-order valence-electron chi connectivity index (χ2n) is 1.06. The standard InChI is InChI=1S/C4H9NO.C2H6/c1-5-3-2-4-6;1-2/h4-5H,2-3H2,1H3;1-2H3. The van der Waals surface area contributed by atoms with E-state index in [1.807, 2.05) is 20.9 Å². The van der Waals surface area contributed by atoms with Crippen molar-refractivity contribution in [3.8, 4) is 0 Å². The van der Waals surface area contributed by atoms with Gasteiger partial charge in [-0.3, -0.25) is 0 Å². The quantitative estimate of drug-likeness (QED) is 0.438. The molecule has 2 nitrogen and oxygen atoms in total. The van der Waals surface area contributed by atoms with Gasteiger partial charge >= 0.3 is 0 Å². The lowest BCUT2D eigenvalue weighted by molar-refractivity contribution is -0.107. The van der Waals surface area contributed by atoms with E-state index < -0.39 is 0 Å². The summed E-state index contributed by atoms with van der Waals surface area (Å²) in [6, 6.07) is 0. The van der Waals surface area contributed by atoms with Crippen molar-refractivity contribution >= 4 is 6.29 Å². The summed E-state index contributed by atoms with van der Waals surface area (Å²) in [5.74, 6) is 0. The molecule has 0 saturated heterocycles. The molecule has 0 saturated carbocycles. The Morgan fingerprint density at radius 3 is 2.12 bits per heavy atom. The Balaban J connectivity index is 0. The van der Waals surface area contributed by atoms with Crippen LogP contribution in [0.25, 0.3) is 0 Å². The third-order valence-electron chi connectivity index (χ3n) is 0.512. The van der Waals surface area contributed by atoms with E-state index in [1.54, 1.807) is 0 Å². The maximum absolute atomic E-state index is 9.52. The fraction of sp³-hybridized carbons (Fsp3) is 0.833. The highest BCUT2D eigenvalue weighted by atomic mass is 16.1. The normalized spacial score (nSPS) is 6.88. The number of rotatable bonds is 3. The molecule has 1 N–H and O–H groups in total. The van der Waals surface area contributed by atoms with Gasteiger partial charge in [0.2, 0.25) is 0 Å². The first-order chi connectivity index (χ1) is 3.91. The molecule has 0 aliphatic rings. The van der Waals surface area contributed by atoms with Gasteiger partial charge in [0.25, 0.3) is 0 Å². The van der Waals surface area contributed by atoms with Gasteiger partial charge in [-0.1, -0.05) is 13.8 Å². The minimum absolute atomic E-state index is 0.622. The number of carbonyl (C=O) groups excluding carboxylic acids is 1. The molecular formula is C6H15NO. The maximum atomic E-state index is 9.52. The number of hydrogen-bond donors (Lipinski definition) is 1. The van der Waals surface area contributed by atoms with Crippen LogP contribution in [0.5, 0.6) is 0 Å². The fourth-order valence-electron chi connectivity index (χ4n) is 0.203. The first-order valence-corrected chi connectivity index (χ1v) is 3.00. The minimum atomic E-state index is 0.622. The smallest absolute Gasteiger partial charge is 0.121 e. The van der Waals surface area contributed by atoms with Crippen LogP contribution in [-0.2, 0) is 4.79 Å². The molecule has 0 unspecified atom stereocenters. The van der Waals surface area contributed by atoms with E-state index in [0.29, 0.717) is 6.42 Å². The third kappa shape index (κ3) is 17.4. The van der Waals surface area contributed by atoms with Gasteiger partial charge in [0.1, 0.15) is 6.29 Å². The second-order valence-corrected chi connectivity index (χ2v) is 1.06. The molecule has 0 atom stereocenters. The van der Waals surface area contributed by atoms with Crippen LogP contribution in [-0.4, -0.2) is 19.9 Å². The molecule has 0 aliphatic carbocycles. The number of nitrogens with one attached hydrogen (secondary N) is 1. The Morgan fingerprint density at radius 1 is 1.50 bits per heavy atom. The zero-order valence-corrected chi connectivity index (χ0v) is 5.90. The number of hydrogen-bond acceptors (Lipinski definition) is 2. The summed E-state index contributed by atoms with van der Waals surface area (Å²) in [6.07, 6.45) is 1.52. The monoisotopic (exact) mass is 117 g/mol. The van der Waals surface area contributed by atoms with Crippen molar-refractivity contribution in [3.05, 3.63) is 0 Å². The third-order valence-corrected chi connectivity index (χ3v) is 0.512. The molecule has 2 heteroatoms. The lowest BCUT2D eigenvalue weighted by Gasteiger charge is -1.84. The molecule has 8 heavy (non-hydrogen) atoms. The lowest BCUT2D eigenvalue weighted by Crippen LogP contribution is -2.07. The molecule has 0 spiro atoms. The molecule has 0 aliphatic heterocycles. The molecule has 0 aromatic carbocycles. The SMILES string of the molecule is CC.CNCCC=O. The largest absolute Gasteiger partial charge is 0.319 e. The summed E-state index contributed by atoms with van der Waals surface area (Å²) < 4.78 is 0. The van der Waals surface area contributed by atoms with E-state index in [-0.39, 0.29) is 0 Å². The van der Waals surface area contributed by atoms with Crippen molar-refractivity contribution < 1.29 is 4.79 Å². The van der Waals surface area contributed by atoms with Crippen LogP contribution in [0, 0.1) is 0 Å². The van der Waals surface area contributed by atoms with Crippen molar-refractivity contribution in [1.82, 2.24) is 5.32 Å². The Hall–Kier alpha value is -0.370. The molecule has 0 aromatic heterocycles. The van der Waals surface area contributed by atoms with Crippen LogP contribution in [0.1, 0.15) is 20.3 Å². The predicted octanol–water partition coefficient (Wildman–Crippen LogP) is 0.821. The molecule has 0 bridgehead atoms. The highest BCUT2D eigenvalue weighted by molar-refractivity contribution is 5.49. The maximum Gasteiger partial charge on any atom is 0.121 e. The fourth-order valence-corrected chi connectivity index (χ4v) is 0.203. The number of aldehydes is 1. The highest BCUT2D eigenvalue weighted by Gasteiger charge is 1.72. The summed E-state index contributed by atoms with van der Waals surface area (Å²) in [4.78, 5) is 9.52. The predicted molar refractivity (Wildman–Crippen MR) is 36.0 cm³/mol. The first kappa shape index (κ1) is 10.6. The molecule has 0 amide bonds. The summed E-state index contributed by atoms with van der Waals surface area (Å²) in [5, 5.41) is 2.84. The zero-order valence-electron chi connectivity index (χ0n) is 5.90. The Morgan fingerprint density at radius 2 is 2.00 bits per heavy atom. The molecular weight excluding hydrogens is 102 g/mol. The van der Waals surface area contributed by atoms with Gasteiger partial charge in [0.05, 0.1) is 0 Å². The molecule has 0 fully saturated rings. The molecule has 0 rings (SSSR count). The van der Waals surface area contributed by atoms with Gasteiger partial charge in [-0.25, -0.2) is 0 Å². The van der Waals surface area contributed by atoms with E-state index in [0.717, 1.165) is 12.8 Å². The summed E-state index contributed by atoms with van der Waals surface area (Å²) in [6.45, 7) is 4.80. The van der Waals surface area contributed by atoms with Crippen LogP contribution in [0.15, 0.2) is 0 Å². The van der Waals surface area contributed by atoms with Crippen LogP contribution in [0.3, 0.4) is 0 Å². The van der Waals surface area contributed by atoms with Crippen molar-refractivity contribution in [2.45, 2.75) is 20.3 Å². The average molecular weight is 117 g/mol. The van der Waals surface area contributed by atoms with Crippen LogP contribution >= 0.6 is 0 Å². The lowest BCUT2D eigenvalue weighted by atomic mass is 10.5. The second kappa shape index (κ2) is 15.9. The molecule has 0 radical (unpaired) electrons. The summed E-state index contributed by atoms with van der Waals surface area (Å²) >= 11 is 0. The molecule has 0 aromatic rings.